The van der Waals surface area contributed by atoms with Crippen LogP contribution in [0.4, 0.5) is 0 Å². The lowest BCUT2D eigenvalue weighted by Gasteiger charge is -2.19. The van der Waals surface area contributed by atoms with Crippen molar-refractivity contribution in [2.24, 2.45) is 5.92 Å². The fourth-order valence-corrected chi connectivity index (χ4v) is 1.73. The van der Waals surface area contributed by atoms with Gasteiger partial charge in [-0.05, 0) is 30.4 Å². The highest BCUT2D eigenvalue weighted by Crippen LogP contribution is 2.17. The Morgan fingerprint density at radius 3 is 2.22 bits per heavy atom. The van der Waals surface area contributed by atoms with E-state index in [9.17, 15) is 5.11 Å². The standard InChI is InChI=1S/C16H26O2/c1-5-6-14-7-9-15(10-8-14)16(17)11-18-13(4)12(2)3/h7-10,12-13,16-17H,5-6,11H2,1-4H3. The Bertz CT molecular complexity index is 329. The molecule has 0 saturated carbocycles. The van der Waals surface area contributed by atoms with Crippen LogP contribution in [0.5, 0.6) is 0 Å². The minimum absolute atomic E-state index is 0.180. The number of hydrogen-bond donors (Lipinski definition) is 1. The zero-order chi connectivity index (χ0) is 13.5. The van der Waals surface area contributed by atoms with Crippen molar-refractivity contribution in [3.63, 3.8) is 0 Å². The van der Waals surface area contributed by atoms with Gasteiger partial charge in [-0.15, -0.1) is 0 Å². The molecule has 18 heavy (non-hydrogen) atoms. The molecule has 1 aromatic rings. The Kier molecular flexibility index (Phi) is 6.37. The Hall–Kier alpha value is -0.860. The molecule has 0 amide bonds. The zero-order valence-corrected chi connectivity index (χ0v) is 12.0. The van der Waals surface area contributed by atoms with E-state index in [2.05, 4.69) is 32.9 Å². The van der Waals surface area contributed by atoms with Crippen LogP contribution in [0.3, 0.4) is 0 Å². The van der Waals surface area contributed by atoms with Crippen LogP contribution in [0.25, 0.3) is 0 Å². The molecule has 0 fully saturated rings. The van der Waals surface area contributed by atoms with Gasteiger partial charge in [0.25, 0.3) is 0 Å². The fourth-order valence-electron chi connectivity index (χ4n) is 1.73. The monoisotopic (exact) mass is 250 g/mol. The molecule has 0 saturated heterocycles. The molecule has 0 heterocycles. The summed E-state index contributed by atoms with van der Waals surface area (Å²) < 4.78 is 5.65. The molecule has 1 aromatic carbocycles. The third-order valence-electron chi connectivity index (χ3n) is 3.36. The minimum Gasteiger partial charge on any atom is -0.386 e. The summed E-state index contributed by atoms with van der Waals surface area (Å²) in [6, 6.07) is 8.18. The molecular formula is C16H26O2. The predicted octanol–water partition coefficient (Wildman–Crippen LogP) is 3.73. The van der Waals surface area contributed by atoms with Crippen LogP contribution in [0.2, 0.25) is 0 Å². The van der Waals surface area contributed by atoms with E-state index in [4.69, 9.17) is 4.74 Å². The molecule has 2 heteroatoms. The van der Waals surface area contributed by atoms with Crippen LogP contribution in [0.1, 0.15) is 51.3 Å². The molecule has 2 nitrogen and oxygen atoms in total. The normalized spacial score (nSPS) is 14.8. The van der Waals surface area contributed by atoms with Gasteiger partial charge in [-0.3, -0.25) is 0 Å². The van der Waals surface area contributed by atoms with Crippen LogP contribution < -0.4 is 0 Å². The summed E-state index contributed by atoms with van der Waals surface area (Å²) in [4.78, 5) is 0. The van der Waals surface area contributed by atoms with Crippen molar-refractivity contribution >= 4 is 0 Å². The maximum absolute atomic E-state index is 10.0. The second kappa shape index (κ2) is 7.55. The van der Waals surface area contributed by atoms with Gasteiger partial charge in [-0.25, -0.2) is 0 Å². The SMILES string of the molecule is CCCc1ccc(C(O)COC(C)C(C)C)cc1. The highest BCUT2D eigenvalue weighted by atomic mass is 16.5. The van der Waals surface area contributed by atoms with Crippen LogP contribution in [0, 0.1) is 5.92 Å². The van der Waals surface area contributed by atoms with Gasteiger partial charge in [-0.2, -0.15) is 0 Å². The molecule has 0 aliphatic rings. The average Bonchev–Trinajstić information content (AvgIpc) is 2.36. The summed E-state index contributed by atoms with van der Waals surface area (Å²) in [5, 5.41) is 10.0. The lowest BCUT2D eigenvalue weighted by molar-refractivity contribution is -0.0206. The van der Waals surface area contributed by atoms with Gasteiger partial charge in [0.2, 0.25) is 0 Å². The fraction of sp³-hybridized carbons (Fsp3) is 0.625. The average molecular weight is 250 g/mol. The summed E-state index contributed by atoms with van der Waals surface area (Å²) >= 11 is 0. The quantitative estimate of drug-likeness (QED) is 0.799. The van der Waals surface area contributed by atoms with Crippen molar-refractivity contribution in [2.45, 2.75) is 52.7 Å². The molecule has 0 aromatic heterocycles. The number of aryl methyl sites for hydroxylation is 1. The van der Waals surface area contributed by atoms with Crippen LogP contribution in [-0.2, 0) is 11.2 Å². The number of aliphatic hydroxyl groups excluding tert-OH is 1. The Labute approximate surface area is 111 Å². The second-order valence-corrected chi connectivity index (χ2v) is 5.29. The molecular weight excluding hydrogens is 224 g/mol. The van der Waals surface area contributed by atoms with Crippen molar-refractivity contribution in [3.05, 3.63) is 35.4 Å². The van der Waals surface area contributed by atoms with Gasteiger partial charge in [0.05, 0.1) is 12.7 Å². The first-order valence-electron chi connectivity index (χ1n) is 6.93. The van der Waals surface area contributed by atoms with Crippen molar-refractivity contribution in [1.82, 2.24) is 0 Å². The zero-order valence-electron chi connectivity index (χ0n) is 12.0. The Morgan fingerprint density at radius 2 is 1.72 bits per heavy atom. The minimum atomic E-state index is -0.526. The van der Waals surface area contributed by atoms with Crippen molar-refractivity contribution in [1.29, 1.82) is 0 Å². The van der Waals surface area contributed by atoms with E-state index < -0.39 is 6.10 Å². The molecule has 1 rings (SSSR count). The summed E-state index contributed by atoms with van der Waals surface area (Å²) in [6.45, 7) is 8.82. The van der Waals surface area contributed by atoms with Crippen molar-refractivity contribution < 1.29 is 9.84 Å². The molecule has 0 spiro atoms. The molecule has 0 aliphatic carbocycles. The molecule has 2 atom stereocenters. The van der Waals surface area contributed by atoms with E-state index in [1.807, 2.05) is 19.1 Å². The summed E-state index contributed by atoms with van der Waals surface area (Å²) in [6.07, 6.45) is 1.90. The third-order valence-corrected chi connectivity index (χ3v) is 3.36. The maximum atomic E-state index is 10.0. The van der Waals surface area contributed by atoms with Gasteiger partial charge in [0.15, 0.2) is 0 Å². The van der Waals surface area contributed by atoms with Crippen LogP contribution in [0.15, 0.2) is 24.3 Å². The highest BCUT2D eigenvalue weighted by molar-refractivity contribution is 5.24. The number of ether oxygens (including phenoxy) is 1. The van der Waals surface area contributed by atoms with E-state index in [0.29, 0.717) is 12.5 Å². The first kappa shape index (κ1) is 15.2. The summed E-state index contributed by atoms with van der Waals surface area (Å²) in [7, 11) is 0. The molecule has 0 bridgehead atoms. The smallest absolute Gasteiger partial charge is 0.102 e. The highest BCUT2D eigenvalue weighted by Gasteiger charge is 2.12. The number of hydrogen-bond acceptors (Lipinski definition) is 2. The van der Waals surface area contributed by atoms with Gasteiger partial charge in [0.1, 0.15) is 6.10 Å². The molecule has 0 aliphatic heterocycles. The molecule has 0 radical (unpaired) electrons. The van der Waals surface area contributed by atoms with Crippen LogP contribution >= 0.6 is 0 Å². The van der Waals surface area contributed by atoms with Gasteiger partial charge in [-0.1, -0.05) is 51.5 Å². The lowest BCUT2D eigenvalue weighted by Crippen LogP contribution is -2.19. The predicted molar refractivity (Wildman–Crippen MR) is 75.6 cm³/mol. The van der Waals surface area contributed by atoms with E-state index >= 15 is 0 Å². The van der Waals surface area contributed by atoms with E-state index in [1.165, 1.54) is 5.56 Å². The molecule has 102 valence electrons. The first-order valence-corrected chi connectivity index (χ1v) is 6.93. The third kappa shape index (κ3) is 4.79. The second-order valence-electron chi connectivity index (χ2n) is 5.29. The van der Waals surface area contributed by atoms with Gasteiger partial charge >= 0.3 is 0 Å². The van der Waals surface area contributed by atoms with Gasteiger partial charge < -0.3 is 9.84 Å². The Balaban J connectivity index is 2.48. The lowest BCUT2D eigenvalue weighted by atomic mass is 10.0. The molecule has 2 unspecified atom stereocenters. The van der Waals surface area contributed by atoms with E-state index in [0.717, 1.165) is 18.4 Å². The van der Waals surface area contributed by atoms with E-state index in [-0.39, 0.29) is 6.10 Å². The van der Waals surface area contributed by atoms with Crippen LogP contribution in [-0.4, -0.2) is 17.8 Å². The first-order chi connectivity index (χ1) is 8.54. The summed E-state index contributed by atoms with van der Waals surface area (Å²) in [5.41, 5.74) is 2.26. The molecule has 1 N–H and O–H groups in total. The van der Waals surface area contributed by atoms with Gasteiger partial charge in [0, 0.05) is 0 Å². The van der Waals surface area contributed by atoms with Crippen molar-refractivity contribution in [2.75, 3.05) is 6.61 Å². The Morgan fingerprint density at radius 1 is 1.11 bits per heavy atom. The number of aliphatic hydroxyl groups is 1. The number of benzene rings is 1. The maximum Gasteiger partial charge on any atom is 0.102 e. The van der Waals surface area contributed by atoms with E-state index in [1.54, 1.807) is 0 Å². The largest absolute Gasteiger partial charge is 0.386 e. The number of rotatable bonds is 7. The topological polar surface area (TPSA) is 29.5 Å². The summed E-state index contributed by atoms with van der Waals surface area (Å²) in [5.74, 6) is 0.476. The van der Waals surface area contributed by atoms with Crippen molar-refractivity contribution in [3.8, 4) is 0 Å².